The van der Waals surface area contributed by atoms with Crippen molar-refractivity contribution in [2.24, 2.45) is 0 Å². The molecule has 1 N–H and O–H groups in total. The Morgan fingerprint density at radius 1 is 1.13 bits per heavy atom. The van der Waals surface area contributed by atoms with Crippen molar-refractivity contribution in [3.63, 3.8) is 0 Å². The van der Waals surface area contributed by atoms with Crippen molar-refractivity contribution >= 4 is 33.0 Å². The van der Waals surface area contributed by atoms with Gasteiger partial charge in [0, 0.05) is 31.0 Å². The Hall–Kier alpha value is -2.75. The number of ether oxygens (including phenoxy) is 1. The second-order valence-corrected chi connectivity index (χ2v) is 9.64. The SMILES string of the molecule is O=C(Nc1cccc(OCc2ccccn2)c1)c1sccc1S(=O)(=O)N1CCCC1. The van der Waals surface area contributed by atoms with Crippen molar-refractivity contribution in [1.82, 2.24) is 9.29 Å². The number of benzene rings is 1. The van der Waals surface area contributed by atoms with Crippen molar-refractivity contribution in [2.45, 2.75) is 24.3 Å². The Bertz CT molecular complexity index is 1120. The molecule has 3 aromatic rings. The van der Waals surface area contributed by atoms with Crippen LogP contribution in [0.3, 0.4) is 0 Å². The van der Waals surface area contributed by atoms with Crippen LogP contribution in [-0.2, 0) is 16.6 Å². The molecule has 1 aliphatic heterocycles. The first-order valence-corrected chi connectivity index (χ1v) is 11.9. The lowest BCUT2D eigenvalue weighted by Crippen LogP contribution is -2.29. The summed E-state index contributed by atoms with van der Waals surface area (Å²) in [5.41, 5.74) is 1.32. The number of nitrogens with zero attached hydrogens (tertiary/aromatic N) is 2. The second-order valence-electron chi connectivity index (χ2n) is 6.82. The maximum absolute atomic E-state index is 12.9. The van der Waals surface area contributed by atoms with Crippen molar-refractivity contribution in [2.75, 3.05) is 18.4 Å². The minimum absolute atomic E-state index is 0.0643. The van der Waals surface area contributed by atoms with E-state index in [-0.39, 0.29) is 9.77 Å². The molecule has 0 unspecified atom stereocenters. The van der Waals surface area contributed by atoms with Crippen molar-refractivity contribution in [3.8, 4) is 5.75 Å². The van der Waals surface area contributed by atoms with Crippen LogP contribution in [0.1, 0.15) is 28.2 Å². The number of rotatable bonds is 7. The highest BCUT2D eigenvalue weighted by molar-refractivity contribution is 7.89. The summed E-state index contributed by atoms with van der Waals surface area (Å²) in [6.45, 7) is 1.30. The van der Waals surface area contributed by atoms with Gasteiger partial charge in [0.05, 0.1) is 5.69 Å². The minimum atomic E-state index is -3.66. The molecule has 0 bridgehead atoms. The number of anilines is 1. The molecule has 0 saturated carbocycles. The lowest BCUT2D eigenvalue weighted by atomic mass is 10.3. The number of carbonyl (C=O) groups excluding carboxylic acids is 1. The summed E-state index contributed by atoms with van der Waals surface area (Å²) in [6, 6.07) is 14.1. The summed E-state index contributed by atoms with van der Waals surface area (Å²) in [6.07, 6.45) is 3.39. The van der Waals surface area contributed by atoms with E-state index in [1.54, 1.807) is 35.8 Å². The molecule has 0 atom stereocenters. The monoisotopic (exact) mass is 443 g/mol. The fourth-order valence-corrected chi connectivity index (χ4v) is 6.04. The molecule has 9 heteroatoms. The third-order valence-corrected chi connectivity index (χ3v) is 7.71. The van der Waals surface area contributed by atoms with E-state index in [1.807, 2.05) is 18.2 Å². The first-order chi connectivity index (χ1) is 14.5. The smallest absolute Gasteiger partial charge is 0.267 e. The van der Waals surface area contributed by atoms with Gasteiger partial charge in [0.15, 0.2) is 0 Å². The number of pyridine rings is 1. The second kappa shape index (κ2) is 8.95. The van der Waals surface area contributed by atoms with E-state index in [9.17, 15) is 13.2 Å². The molecule has 30 heavy (non-hydrogen) atoms. The van der Waals surface area contributed by atoms with Gasteiger partial charge >= 0.3 is 0 Å². The number of hydrogen-bond acceptors (Lipinski definition) is 6. The van der Waals surface area contributed by atoms with Gasteiger partial charge in [0.2, 0.25) is 10.0 Å². The van der Waals surface area contributed by atoms with E-state index in [0.717, 1.165) is 29.9 Å². The van der Waals surface area contributed by atoms with Crippen molar-refractivity contribution < 1.29 is 17.9 Å². The molecule has 1 amide bonds. The Labute approximate surface area is 179 Å². The van der Waals surface area contributed by atoms with Crippen LogP contribution in [0, 0.1) is 0 Å². The number of hydrogen-bond donors (Lipinski definition) is 1. The molecular formula is C21H21N3O4S2. The summed E-state index contributed by atoms with van der Waals surface area (Å²) in [5.74, 6) is 0.124. The third kappa shape index (κ3) is 4.53. The van der Waals surface area contributed by atoms with Crippen molar-refractivity contribution in [1.29, 1.82) is 0 Å². The van der Waals surface area contributed by atoms with E-state index >= 15 is 0 Å². The van der Waals surface area contributed by atoms with Crippen LogP contribution in [0.15, 0.2) is 65.0 Å². The van der Waals surface area contributed by atoms with E-state index in [0.29, 0.717) is 31.1 Å². The van der Waals surface area contributed by atoms with Gasteiger partial charge in [-0.15, -0.1) is 11.3 Å². The van der Waals surface area contributed by atoms with Gasteiger partial charge in [-0.2, -0.15) is 4.31 Å². The summed E-state index contributed by atoms with van der Waals surface area (Å²) in [5, 5.41) is 4.41. The molecule has 0 spiro atoms. The number of sulfonamides is 1. The van der Waals surface area contributed by atoms with Gasteiger partial charge in [0.25, 0.3) is 5.91 Å². The zero-order chi connectivity index (χ0) is 21.0. The number of carbonyl (C=O) groups is 1. The highest BCUT2D eigenvalue weighted by Gasteiger charge is 2.31. The fraction of sp³-hybridized carbons (Fsp3) is 0.238. The van der Waals surface area contributed by atoms with Crippen molar-refractivity contribution in [3.05, 3.63) is 70.7 Å². The molecule has 7 nitrogen and oxygen atoms in total. The lowest BCUT2D eigenvalue weighted by molar-refractivity contribution is 0.102. The molecule has 2 aromatic heterocycles. The van der Waals surface area contributed by atoms with E-state index < -0.39 is 15.9 Å². The van der Waals surface area contributed by atoms with E-state index in [2.05, 4.69) is 10.3 Å². The minimum Gasteiger partial charge on any atom is -0.487 e. The average Bonchev–Trinajstić information content (AvgIpc) is 3.46. The first-order valence-electron chi connectivity index (χ1n) is 9.56. The highest BCUT2D eigenvalue weighted by atomic mass is 32.2. The molecular weight excluding hydrogens is 422 g/mol. The molecule has 1 aromatic carbocycles. The van der Waals surface area contributed by atoms with Crippen LogP contribution in [0.2, 0.25) is 0 Å². The van der Waals surface area contributed by atoms with Crippen LogP contribution in [0.25, 0.3) is 0 Å². The van der Waals surface area contributed by atoms with Crippen LogP contribution in [-0.4, -0.2) is 36.7 Å². The van der Waals surface area contributed by atoms with Gasteiger partial charge in [-0.1, -0.05) is 12.1 Å². The topological polar surface area (TPSA) is 88.6 Å². The largest absolute Gasteiger partial charge is 0.487 e. The van der Waals surface area contributed by atoms with E-state index in [1.165, 1.54) is 10.4 Å². The number of nitrogens with one attached hydrogen (secondary N) is 1. The molecule has 0 radical (unpaired) electrons. The van der Waals surface area contributed by atoms with Crippen LogP contribution < -0.4 is 10.1 Å². The maximum atomic E-state index is 12.9. The Morgan fingerprint density at radius 2 is 1.97 bits per heavy atom. The zero-order valence-corrected chi connectivity index (χ0v) is 17.8. The lowest BCUT2D eigenvalue weighted by Gasteiger charge is -2.15. The Morgan fingerprint density at radius 3 is 2.73 bits per heavy atom. The summed E-state index contributed by atoms with van der Waals surface area (Å²) < 4.78 is 32.9. The van der Waals surface area contributed by atoms with E-state index in [4.69, 9.17) is 4.74 Å². The van der Waals surface area contributed by atoms with Crippen LogP contribution in [0.5, 0.6) is 5.75 Å². The maximum Gasteiger partial charge on any atom is 0.267 e. The quantitative estimate of drug-likeness (QED) is 0.601. The number of amides is 1. The van der Waals surface area contributed by atoms with Gasteiger partial charge in [0.1, 0.15) is 22.1 Å². The predicted octanol–water partition coefficient (Wildman–Crippen LogP) is 3.76. The molecule has 1 fully saturated rings. The highest BCUT2D eigenvalue weighted by Crippen LogP contribution is 2.28. The van der Waals surface area contributed by atoms with Gasteiger partial charge in [-0.3, -0.25) is 9.78 Å². The van der Waals surface area contributed by atoms with Crippen LogP contribution in [0.4, 0.5) is 5.69 Å². The molecule has 3 heterocycles. The fourth-order valence-electron chi connectivity index (χ4n) is 3.23. The molecule has 1 aliphatic rings. The molecule has 0 aliphatic carbocycles. The standard InChI is InChI=1S/C21H21N3O4S2/c25-21(20-19(9-13-29-20)30(26,27)24-11-3-4-12-24)23-16-7-5-8-18(14-16)28-15-17-6-1-2-10-22-17/h1-2,5-10,13-14H,3-4,11-12,15H2,(H,23,25). The van der Waals surface area contributed by atoms with Gasteiger partial charge < -0.3 is 10.1 Å². The Kier molecular flexibility index (Phi) is 6.12. The molecule has 4 rings (SSSR count). The zero-order valence-electron chi connectivity index (χ0n) is 16.2. The Balaban J connectivity index is 1.47. The van der Waals surface area contributed by atoms with Gasteiger partial charge in [-0.25, -0.2) is 8.42 Å². The predicted molar refractivity (Wildman–Crippen MR) is 115 cm³/mol. The average molecular weight is 444 g/mol. The van der Waals surface area contributed by atoms with Crippen LogP contribution >= 0.6 is 11.3 Å². The summed E-state index contributed by atoms with van der Waals surface area (Å²) >= 11 is 1.12. The third-order valence-electron chi connectivity index (χ3n) is 4.72. The first kappa shape index (κ1) is 20.5. The normalized spacial score (nSPS) is 14.5. The number of aromatic nitrogens is 1. The number of thiophene rings is 1. The summed E-state index contributed by atoms with van der Waals surface area (Å²) in [4.78, 5) is 17.3. The molecule has 156 valence electrons. The molecule has 1 saturated heterocycles. The summed E-state index contributed by atoms with van der Waals surface area (Å²) in [7, 11) is -3.66. The van der Waals surface area contributed by atoms with Gasteiger partial charge in [-0.05, 0) is 48.6 Å².